The number of thiazole rings is 1. The molecule has 0 fully saturated rings. The standard InChI is InChI=1S/C14H18N4O3S3/c1-9-12(23-14(17-9)22-2)7-13(19)16-8-10-4-3-5-11(6-10)18-24(15,20)21/h3-6,18H,7-8H2,1-2H3,(H,16,19)(H2,15,20,21). The maximum atomic E-state index is 12.1. The van der Waals surface area contributed by atoms with Crippen LogP contribution in [-0.2, 0) is 28.0 Å². The van der Waals surface area contributed by atoms with Crippen LogP contribution >= 0.6 is 23.1 Å². The van der Waals surface area contributed by atoms with Gasteiger partial charge in [0.15, 0.2) is 0 Å². The van der Waals surface area contributed by atoms with E-state index in [2.05, 4.69) is 15.0 Å². The van der Waals surface area contributed by atoms with E-state index in [9.17, 15) is 13.2 Å². The van der Waals surface area contributed by atoms with E-state index < -0.39 is 10.2 Å². The van der Waals surface area contributed by atoms with E-state index in [-0.39, 0.29) is 12.3 Å². The molecule has 0 bridgehead atoms. The Balaban J connectivity index is 1.94. The van der Waals surface area contributed by atoms with Crippen molar-refractivity contribution in [3.05, 3.63) is 40.4 Å². The summed E-state index contributed by atoms with van der Waals surface area (Å²) in [4.78, 5) is 17.4. The summed E-state index contributed by atoms with van der Waals surface area (Å²) in [5.41, 5.74) is 1.99. The molecule has 1 aromatic carbocycles. The summed E-state index contributed by atoms with van der Waals surface area (Å²) < 4.78 is 25.2. The van der Waals surface area contributed by atoms with E-state index >= 15 is 0 Å². The average molecular weight is 387 g/mol. The molecule has 0 radical (unpaired) electrons. The third-order valence-electron chi connectivity index (χ3n) is 3.05. The SMILES string of the molecule is CSc1nc(C)c(CC(=O)NCc2cccc(NS(N)(=O)=O)c2)s1. The number of thioether (sulfide) groups is 1. The van der Waals surface area contributed by atoms with Crippen LogP contribution in [0.4, 0.5) is 5.69 Å². The highest BCUT2D eigenvalue weighted by Gasteiger charge is 2.11. The Morgan fingerprint density at radius 2 is 2.17 bits per heavy atom. The van der Waals surface area contributed by atoms with Crippen molar-refractivity contribution in [1.29, 1.82) is 0 Å². The number of nitrogens with two attached hydrogens (primary N) is 1. The summed E-state index contributed by atoms with van der Waals surface area (Å²) >= 11 is 3.08. The normalized spacial score (nSPS) is 11.3. The summed E-state index contributed by atoms with van der Waals surface area (Å²) in [6.45, 7) is 2.19. The Bertz CT molecular complexity index is 834. The molecule has 7 nitrogen and oxygen atoms in total. The topological polar surface area (TPSA) is 114 Å². The first-order valence-electron chi connectivity index (χ1n) is 6.93. The summed E-state index contributed by atoms with van der Waals surface area (Å²) in [6.07, 6.45) is 2.23. The highest BCUT2D eigenvalue weighted by Crippen LogP contribution is 2.25. The molecule has 0 aliphatic rings. The first kappa shape index (κ1) is 18.7. The molecule has 4 N–H and O–H groups in total. The Morgan fingerprint density at radius 3 is 2.79 bits per heavy atom. The summed E-state index contributed by atoms with van der Waals surface area (Å²) in [6, 6.07) is 6.68. The molecule has 2 rings (SSSR count). The predicted molar refractivity (Wildman–Crippen MR) is 97.4 cm³/mol. The molecule has 1 amide bonds. The van der Waals surface area contributed by atoms with Crippen molar-refractivity contribution >= 4 is 44.9 Å². The fraction of sp³-hybridized carbons (Fsp3) is 0.286. The molecular formula is C14H18N4O3S3. The number of nitrogens with one attached hydrogen (secondary N) is 2. The second-order valence-corrected chi connectivity index (χ2v) is 8.42. The molecule has 130 valence electrons. The fourth-order valence-electron chi connectivity index (χ4n) is 1.97. The minimum Gasteiger partial charge on any atom is -0.352 e. The van der Waals surface area contributed by atoms with Gasteiger partial charge in [0.25, 0.3) is 10.2 Å². The molecule has 0 aliphatic carbocycles. The molecule has 24 heavy (non-hydrogen) atoms. The van der Waals surface area contributed by atoms with Gasteiger partial charge in [-0.3, -0.25) is 9.52 Å². The van der Waals surface area contributed by atoms with Crippen molar-refractivity contribution in [1.82, 2.24) is 10.3 Å². The van der Waals surface area contributed by atoms with Crippen molar-refractivity contribution in [2.75, 3.05) is 11.0 Å². The van der Waals surface area contributed by atoms with Crippen molar-refractivity contribution < 1.29 is 13.2 Å². The van der Waals surface area contributed by atoms with Crippen molar-refractivity contribution in [3.8, 4) is 0 Å². The van der Waals surface area contributed by atoms with Gasteiger partial charge in [-0.2, -0.15) is 8.42 Å². The lowest BCUT2D eigenvalue weighted by atomic mass is 10.2. The van der Waals surface area contributed by atoms with Crippen LogP contribution in [0.3, 0.4) is 0 Å². The van der Waals surface area contributed by atoms with Gasteiger partial charge in [-0.25, -0.2) is 10.1 Å². The van der Waals surface area contributed by atoms with Gasteiger partial charge in [-0.1, -0.05) is 23.9 Å². The summed E-state index contributed by atoms with van der Waals surface area (Å²) in [7, 11) is -3.82. The number of carbonyl (C=O) groups is 1. The molecule has 0 aliphatic heterocycles. The maximum Gasteiger partial charge on any atom is 0.296 e. The predicted octanol–water partition coefficient (Wildman–Crippen LogP) is 1.65. The molecule has 0 spiro atoms. The summed E-state index contributed by atoms with van der Waals surface area (Å²) in [5, 5.41) is 7.75. The first-order chi connectivity index (χ1) is 11.3. The number of rotatable bonds is 7. The number of carbonyl (C=O) groups excluding carboxylic acids is 1. The van der Waals surface area contributed by atoms with Gasteiger partial charge in [-0.15, -0.1) is 11.3 Å². The largest absolute Gasteiger partial charge is 0.352 e. The Hall–Kier alpha value is -1.62. The van der Waals surface area contributed by atoms with Crippen molar-refractivity contribution in [2.24, 2.45) is 5.14 Å². The van der Waals surface area contributed by atoms with Crippen LogP contribution < -0.4 is 15.2 Å². The first-order valence-corrected chi connectivity index (χ1v) is 10.5. The zero-order valence-corrected chi connectivity index (χ0v) is 15.6. The number of hydrogen-bond acceptors (Lipinski definition) is 6. The number of anilines is 1. The van der Waals surface area contributed by atoms with E-state index in [0.717, 1.165) is 20.5 Å². The third-order valence-corrected chi connectivity index (χ3v) is 5.71. The van der Waals surface area contributed by atoms with E-state index in [0.29, 0.717) is 12.2 Å². The number of benzene rings is 1. The van der Waals surface area contributed by atoms with Crippen LogP contribution in [0.25, 0.3) is 0 Å². The van der Waals surface area contributed by atoms with Gasteiger partial charge in [-0.05, 0) is 30.9 Å². The monoisotopic (exact) mass is 386 g/mol. The molecule has 1 heterocycles. The molecule has 0 atom stereocenters. The van der Waals surface area contributed by atoms with Crippen molar-refractivity contribution in [2.45, 2.75) is 24.2 Å². The zero-order valence-electron chi connectivity index (χ0n) is 13.2. The van der Waals surface area contributed by atoms with Crippen LogP contribution in [0.5, 0.6) is 0 Å². The second-order valence-electron chi connectivity index (χ2n) is 4.99. The van der Waals surface area contributed by atoms with E-state index in [1.54, 1.807) is 36.0 Å². The average Bonchev–Trinajstić information content (AvgIpc) is 2.84. The lowest BCUT2D eigenvalue weighted by molar-refractivity contribution is -0.120. The molecule has 10 heteroatoms. The molecule has 0 saturated heterocycles. The Kier molecular flexibility index (Phi) is 6.21. The quantitative estimate of drug-likeness (QED) is 0.626. The Labute approximate surface area is 149 Å². The number of nitrogens with zero attached hydrogens (tertiary/aromatic N) is 1. The lowest BCUT2D eigenvalue weighted by Crippen LogP contribution is -2.25. The van der Waals surface area contributed by atoms with Crippen LogP contribution in [0, 0.1) is 6.92 Å². The number of hydrogen-bond donors (Lipinski definition) is 3. The van der Waals surface area contributed by atoms with Crippen LogP contribution in [0.15, 0.2) is 28.6 Å². The zero-order chi connectivity index (χ0) is 17.7. The number of aromatic nitrogens is 1. The molecule has 2 aromatic rings. The molecular weight excluding hydrogens is 368 g/mol. The number of aryl methyl sites for hydroxylation is 1. The van der Waals surface area contributed by atoms with Gasteiger partial charge in [0.1, 0.15) is 4.34 Å². The lowest BCUT2D eigenvalue weighted by Gasteiger charge is -2.08. The second kappa shape index (κ2) is 7.97. The van der Waals surface area contributed by atoms with Gasteiger partial charge in [0, 0.05) is 11.4 Å². The van der Waals surface area contributed by atoms with Gasteiger partial charge in [0.2, 0.25) is 5.91 Å². The van der Waals surface area contributed by atoms with Gasteiger partial charge < -0.3 is 5.32 Å². The van der Waals surface area contributed by atoms with Crippen molar-refractivity contribution in [3.63, 3.8) is 0 Å². The number of amides is 1. The molecule has 0 unspecified atom stereocenters. The van der Waals surface area contributed by atoms with Gasteiger partial charge >= 0.3 is 0 Å². The highest BCUT2D eigenvalue weighted by molar-refractivity contribution is 8.00. The van der Waals surface area contributed by atoms with E-state index in [1.165, 1.54) is 11.3 Å². The smallest absolute Gasteiger partial charge is 0.296 e. The summed E-state index contributed by atoms with van der Waals surface area (Å²) in [5.74, 6) is -0.112. The van der Waals surface area contributed by atoms with Crippen LogP contribution in [0.2, 0.25) is 0 Å². The molecule has 1 aromatic heterocycles. The van der Waals surface area contributed by atoms with E-state index in [4.69, 9.17) is 5.14 Å². The van der Waals surface area contributed by atoms with Crippen LogP contribution in [-0.4, -0.2) is 25.6 Å². The highest BCUT2D eigenvalue weighted by atomic mass is 32.2. The van der Waals surface area contributed by atoms with E-state index in [1.807, 2.05) is 13.2 Å². The Morgan fingerprint density at radius 1 is 1.42 bits per heavy atom. The minimum atomic E-state index is -3.82. The maximum absolute atomic E-state index is 12.1. The minimum absolute atomic E-state index is 0.112. The third kappa shape index (κ3) is 5.78. The van der Waals surface area contributed by atoms with Crippen LogP contribution in [0.1, 0.15) is 16.1 Å². The molecule has 0 saturated carbocycles. The fourth-order valence-corrected chi connectivity index (χ4v) is 4.08. The van der Waals surface area contributed by atoms with Gasteiger partial charge in [0.05, 0.1) is 17.8 Å².